The number of hydrogen-bond acceptors (Lipinski definition) is 3. The summed E-state index contributed by atoms with van der Waals surface area (Å²) in [6.45, 7) is -0.505. The first-order valence-corrected chi connectivity index (χ1v) is 1.77. The molecule has 0 bridgehead atoms. The molecule has 0 aliphatic rings. The molecule has 0 saturated carbocycles. The van der Waals surface area contributed by atoms with Gasteiger partial charge < -0.3 is 15.9 Å². The Bertz CT molecular complexity index is 72.6. The second-order valence-electron chi connectivity index (χ2n) is 1.13. The van der Waals surface area contributed by atoms with Crippen molar-refractivity contribution in [3.05, 3.63) is 0 Å². The lowest BCUT2D eigenvalue weighted by Gasteiger charge is -1.96. The standard InChI is InChI=1S/C3H7NO3/c4-2(1-5)3(6)7/h2,5H,1,4H2,(H,6,7)/i2+1. The Morgan fingerprint density at radius 3 is 2.29 bits per heavy atom. The summed E-state index contributed by atoms with van der Waals surface area (Å²) in [4.78, 5) is 9.65. The molecule has 0 aliphatic carbocycles. The van der Waals surface area contributed by atoms with Crippen molar-refractivity contribution in [2.24, 2.45) is 5.73 Å². The molecule has 0 amide bonds. The smallest absolute Gasteiger partial charge is 0.322 e. The Kier molecular flexibility index (Phi) is 2.32. The van der Waals surface area contributed by atoms with Crippen molar-refractivity contribution >= 4 is 5.97 Å². The van der Waals surface area contributed by atoms with Crippen molar-refractivity contribution in [2.75, 3.05) is 6.61 Å². The SMILES string of the molecule is N[13CH](CO)C(=O)O. The third kappa shape index (κ3) is 2.13. The molecule has 4 heteroatoms. The molecular weight excluding hydrogens is 99.0 g/mol. The van der Waals surface area contributed by atoms with Gasteiger partial charge in [-0.1, -0.05) is 0 Å². The van der Waals surface area contributed by atoms with Crippen LogP contribution in [-0.2, 0) is 4.79 Å². The van der Waals surface area contributed by atoms with Gasteiger partial charge in [-0.25, -0.2) is 0 Å². The minimum atomic E-state index is -1.18. The second kappa shape index (κ2) is 2.54. The van der Waals surface area contributed by atoms with Crippen LogP contribution in [0.2, 0.25) is 0 Å². The number of carboxylic acids is 1. The van der Waals surface area contributed by atoms with Gasteiger partial charge in [0.25, 0.3) is 0 Å². The summed E-state index contributed by atoms with van der Waals surface area (Å²) in [5.74, 6) is -1.18. The molecule has 1 atom stereocenters. The Balaban J connectivity index is 3.34. The monoisotopic (exact) mass is 106 g/mol. The van der Waals surface area contributed by atoms with E-state index in [4.69, 9.17) is 15.9 Å². The first kappa shape index (κ1) is 6.39. The third-order valence-electron chi connectivity index (χ3n) is 0.514. The molecule has 4 nitrogen and oxygen atoms in total. The van der Waals surface area contributed by atoms with Crippen LogP contribution >= 0.6 is 0 Å². The van der Waals surface area contributed by atoms with Crippen molar-refractivity contribution in [1.29, 1.82) is 0 Å². The lowest BCUT2D eigenvalue weighted by molar-refractivity contribution is -0.139. The predicted octanol–water partition coefficient (Wildman–Crippen LogP) is -1.61. The van der Waals surface area contributed by atoms with E-state index in [0.29, 0.717) is 0 Å². The highest BCUT2D eigenvalue weighted by molar-refractivity contribution is 5.73. The van der Waals surface area contributed by atoms with Crippen molar-refractivity contribution in [3.63, 3.8) is 0 Å². The quantitative estimate of drug-likeness (QED) is 0.370. The number of aliphatic carboxylic acids is 1. The van der Waals surface area contributed by atoms with E-state index in [2.05, 4.69) is 0 Å². The number of aliphatic hydroxyl groups excluding tert-OH is 1. The largest absolute Gasteiger partial charge is 0.480 e. The zero-order chi connectivity index (χ0) is 5.86. The molecule has 42 valence electrons. The van der Waals surface area contributed by atoms with Crippen LogP contribution in [0.5, 0.6) is 0 Å². The fourth-order valence-electron chi connectivity index (χ4n) is 0.0781. The van der Waals surface area contributed by atoms with Crippen molar-refractivity contribution < 1.29 is 15.0 Å². The molecule has 4 N–H and O–H groups in total. The summed E-state index contributed by atoms with van der Waals surface area (Å²) in [5, 5.41) is 15.9. The van der Waals surface area contributed by atoms with Crippen LogP contribution in [0.4, 0.5) is 0 Å². The number of rotatable bonds is 2. The van der Waals surface area contributed by atoms with Gasteiger partial charge in [-0.05, 0) is 0 Å². The van der Waals surface area contributed by atoms with E-state index >= 15 is 0 Å². The summed E-state index contributed by atoms with van der Waals surface area (Å²) in [7, 11) is 0. The average Bonchev–Trinajstić information content (AvgIpc) is 1.65. The number of hydrogen-bond donors (Lipinski definition) is 3. The van der Waals surface area contributed by atoms with Gasteiger partial charge in [-0.15, -0.1) is 0 Å². The van der Waals surface area contributed by atoms with Gasteiger partial charge in [0.15, 0.2) is 0 Å². The molecule has 0 spiro atoms. The molecule has 0 saturated heterocycles. The summed E-state index contributed by atoms with van der Waals surface area (Å²) in [6, 6.07) is -1.13. The summed E-state index contributed by atoms with van der Waals surface area (Å²) >= 11 is 0. The summed E-state index contributed by atoms with van der Waals surface area (Å²) in [5.41, 5.74) is 4.77. The molecule has 0 radical (unpaired) electrons. The van der Waals surface area contributed by atoms with Gasteiger partial charge in [0.1, 0.15) is 6.04 Å². The van der Waals surface area contributed by atoms with Crippen LogP contribution in [0.15, 0.2) is 0 Å². The Morgan fingerprint density at radius 2 is 2.29 bits per heavy atom. The molecular formula is C3H7NO3. The highest BCUT2D eigenvalue weighted by atomic mass is 16.4. The fraction of sp³-hybridized carbons (Fsp3) is 0.667. The lowest BCUT2D eigenvalue weighted by atomic mass is 10.7. The van der Waals surface area contributed by atoms with Crippen molar-refractivity contribution in [1.82, 2.24) is 0 Å². The zero-order valence-electron chi connectivity index (χ0n) is 3.66. The number of carboxylic acid groups (broad SMARTS) is 1. The molecule has 0 rings (SSSR count). The Morgan fingerprint density at radius 1 is 1.86 bits per heavy atom. The van der Waals surface area contributed by atoms with Gasteiger partial charge in [-0.2, -0.15) is 0 Å². The topological polar surface area (TPSA) is 83.5 Å². The Labute approximate surface area is 40.6 Å². The molecule has 0 heterocycles. The fourth-order valence-corrected chi connectivity index (χ4v) is 0.0781. The van der Waals surface area contributed by atoms with Gasteiger partial charge in [0.05, 0.1) is 6.61 Å². The maximum atomic E-state index is 9.65. The molecule has 0 aromatic carbocycles. The zero-order valence-corrected chi connectivity index (χ0v) is 3.66. The third-order valence-corrected chi connectivity index (χ3v) is 0.514. The van der Waals surface area contributed by atoms with Crippen LogP contribution < -0.4 is 5.73 Å². The van der Waals surface area contributed by atoms with Crippen molar-refractivity contribution in [3.8, 4) is 0 Å². The highest BCUT2D eigenvalue weighted by Crippen LogP contribution is 1.71. The minimum absolute atomic E-state index is 0.505. The van der Waals surface area contributed by atoms with Crippen LogP contribution in [0, 0.1) is 0 Å². The Hall–Kier alpha value is -0.610. The molecule has 1 unspecified atom stereocenters. The minimum Gasteiger partial charge on any atom is -0.480 e. The van der Waals surface area contributed by atoms with E-state index in [9.17, 15) is 4.79 Å². The van der Waals surface area contributed by atoms with Gasteiger partial charge in [-0.3, -0.25) is 4.79 Å². The van der Waals surface area contributed by atoms with E-state index in [-0.39, 0.29) is 0 Å². The maximum Gasteiger partial charge on any atom is 0.322 e. The molecule has 0 aromatic heterocycles. The number of nitrogens with two attached hydrogens (primary N) is 1. The maximum absolute atomic E-state index is 9.65. The van der Waals surface area contributed by atoms with E-state index in [1.165, 1.54) is 0 Å². The first-order valence-electron chi connectivity index (χ1n) is 1.77. The number of carbonyl (C=O) groups is 1. The molecule has 0 aliphatic heterocycles. The second-order valence-corrected chi connectivity index (χ2v) is 1.13. The van der Waals surface area contributed by atoms with E-state index in [1.54, 1.807) is 0 Å². The first-order chi connectivity index (χ1) is 3.18. The molecule has 0 aromatic rings. The lowest BCUT2D eigenvalue weighted by Crippen LogP contribution is -2.33. The summed E-state index contributed by atoms with van der Waals surface area (Å²) in [6.07, 6.45) is 0. The van der Waals surface area contributed by atoms with Crippen LogP contribution in [0.1, 0.15) is 0 Å². The van der Waals surface area contributed by atoms with Crippen molar-refractivity contribution in [2.45, 2.75) is 6.04 Å². The van der Waals surface area contributed by atoms with E-state index < -0.39 is 18.6 Å². The number of aliphatic hydroxyl groups is 1. The van der Waals surface area contributed by atoms with Crippen LogP contribution in [0.25, 0.3) is 0 Å². The normalized spacial score (nSPS) is 13.4. The van der Waals surface area contributed by atoms with Crippen LogP contribution in [-0.4, -0.2) is 28.8 Å². The predicted molar refractivity (Wildman–Crippen MR) is 22.7 cm³/mol. The van der Waals surface area contributed by atoms with Gasteiger partial charge in [0.2, 0.25) is 0 Å². The average molecular weight is 106 g/mol. The molecule has 0 fully saturated rings. The van der Waals surface area contributed by atoms with Gasteiger partial charge >= 0.3 is 5.97 Å². The molecule has 7 heavy (non-hydrogen) atoms. The highest BCUT2D eigenvalue weighted by Gasteiger charge is 2.06. The van der Waals surface area contributed by atoms with Gasteiger partial charge in [0, 0.05) is 0 Å². The summed E-state index contributed by atoms with van der Waals surface area (Å²) < 4.78 is 0. The van der Waals surface area contributed by atoms with E-state index in [0.717, 1.165) is 0 Å². The van der Waals surface area contributed by atoms with E-state index in [1.807, 2.05) is 0 Å². The van der Waals surface area contributed by atoms with Crippen LogP contribution in [0.3, 0.4) is 0 Å².